The Morgan fingerprint density at radius 2 is 1.52 bits per heavy atom. The molecule has 23 heteroatoms. The Labute approximate surface area is 282 Å². The molecule has 0 unspecified atom stereocenters. The number of Topliss-reactive ketones (excluding diaryl/α,β-unsaturated/α-hetero) is 2. The van der Waals surface area contributed by atoms with E-state index in [0.29, 0.717) is 23.0 Å². The van der Waals surface area contributed by atoms with Crippen molar-refractivity contribution in [2.24, 2.45) is 0 Å². The van der Waals surface area contributed by atoms with Crippen LogP contribution in [0.2, 0.25) is 0 Å². The molecule has 3 N–H and O–H groups in total. The van der Waals surface area contributed by atoms with Gasteiger partial charge in [-0.1, -0.05) is 5.16 Å². The van der Waals surface area contributed by atoms with Gasteiger partial charge in [-0.25, -0.2) is 14.1 Å². The number of hydrogen-bond donors (Lipinski definition) is 2. The Balaban J connectivity index is 0.000000434. The first-order valence-electron chi connectivity index (χ1n) is 13.9. The molecule has 5 rings (SSSR count). The number of carbonyl (C=O) groups excluding carboxylic acids is 4. The summed E-state index contributed by atoms with van der Waals surface area (Å²) in [4.78, 5) is 49.6. The van der Waals surface area contributed by atoms with E-state index in [4.69, 9.17) is 10.3 Å². The molecule has 3 heterocycles. The van der Waals surface area contributed by atoms with Gasteiger partial charge in [0.05, 0.1) is 23.3 Å². The van der Waals surface area contributed by atoms with E-state index in [9.17, 15) is 58.7 Å². The van der Waals surface area contributed by atoms with Gasteiger partial charge in [-0.3, -0.25) is 19.2 Å². The van der Waals surface area contributed by atoms with E-state index < -0.39 is 53.2 Å². The number of rotatable bonds is 7. The van der Waals surface area contributed by atoms with Gasteiger partial charge in [0, 0.05) is 44.2 Å². The van der Waals surface area contributed by atoms with Crippen molar-refractivity contribution >= 4 is 45.9 Å². The SMILES string of the molecule is CC(=O)N(C)Cc1nccn1-c1ccc(NC(=O)c2cc(C(F)(F)F)nn2-c2ccc3onc(N)c3c2)c(F)c1.O=C(C(=O)C(F)(F)F)C(F)(F)F. The molecule has 0 saturated carbocycles. The van der Waals surface area contributed by atoms with Gasteiger partial charge in [0.25, 0.3) is 5.91 Å². The van der Waals surface area contributed by atoms with E-state index in [1.54, 1.807) is 17.8 Å². The van der Waals surface area contributed by atoms with Crippen molar-refractivity contribution < 1.29 is 67.6 Å². The van der Waals surface area contributed by atoms with Crippen molar-refractivity contribution in [1.82, 2.24) is 29.4 Å². The molecule has 0 aliphatic rings. The minimum atomic E-state index is -5.77. The van der Waals surface area contributed by atoms with Crippen LogP contribution in [-0.2, 0) is 27.1 Å². The molecule has 5 aromatic rings. The van der Waals surface area contributed by atoms with E-state index in [1.807, 2.05) is 0 Å². The average molecular weight is 751 g/mol. The highest BCUT2D eigenvalue weighted by Crippen LogP contribution is 2.32. The molecule has 0 atom stereocenters. The number of nitrogens with zero attached hydrogens (tertiary/aromatic N) is 6. The predicted molar refractivity (Wildman–Crippen MR) is 156 cm³/mol. The molecule has 13 nitrogen and oxygen atoms in total. The Kier molecular flexibility index (Phi) is 10.5. The summed E-state index contributed by atoms with van der Waals surface area (Å²) in [5.74, 6) is -8.43. The first kappa shape index (κ1) is 38.5. The van der Waals surface area contributed by atoms with Crippen molar-refractivity contribution in [2.75, 3.05) is 18.1 Å². The predicted octanol–water partition coefficient (Wildman–Crippen LogP) is 5.42. The van der Waals surface area contributed by atoms with Crippen LogP contribution in [0.4, 0.5) is 55.4 Å². The van der Waals surface area contributed by atoms with Crippen LogP contribution in [0.25, 0.3) is 22.3 Å². The Morgan fingerprint density at radius 3 is 2.08 bits per heavy atom. The standard InChI is InChI=1S/C25H20F4N8O3.C4F6O2/c1-13(38)35(2)12-22-31-7-8-36(22)14-3-5-18(17(26)10-14)32-24(39)19-11-21(25(27,28)29)33-37(19)15-4-6-20-16(9-15)23(30)34-40-20;5-3(6,7)1(11)2(12)4(8,9)10/h3-11H,12H2,1-2H3,(H2,30,34)(H,32,39);. The van der Waals surface area contributed by atoms with Crippen LogP contribution in [0.5, 0.6) is 0 Å². The van der Waals surface area contributed by atoms with Crippen LogP contribution in [-0.4, -0.2) is 72.2 Å². The van der Waals surface area contributed by atoms with Crippen LogP contribution in [0.15, 0.2) is 59.4 Å². The molecule has 276 valence electrons. The van der Waals surface area contributed by atoms with Gasteiger partial charge in [0.15, 0.2) is 17.1 Å². The highest BCUT2D eigenvalue weighted by Gasteiger charge is 2.54. The Morgan fingerprint density at radius 1 is 0.904 bits per heavy atom. The largest absolute Gasteiger partial charge is 0.458 e. The summed E-state index contributed by atoms with van der Waals surface area (Å²) in [5.41, 5.74) is 4.34. The zero-order chi connectivity index (χ0) is 38.9. The second-order valence-corrected chi connectivity index (χ2v) is 10.4. The molecule has 0 fully saturated rings. The molecule has 52 heavy (non-hydrogen) atoms. The quantitative estimate of drug-likeness (QED) is 0.163. The molecular formula is C29H20F10N8O5. The number of aromatic nitrogens is 5. The third-order valence-electron chi connectivity index (χ3n) is 6.79. The lowest BCUT2D eigenvalue weighted by Gasteiger charge is -2.16. The van der Waals surface area contributed by atoms with Crippen LogP contribution in [0.1, 0.15) is 28.9 Å². The molecular weight excluding hydrogens is 730 g/mol. The lowest BCUT2D eigenvalue weighted by atomic mass is 10.2. The first-order valence-corrected chi connectivity index (χ1v) is 13.9. The smallest absolute Gasteiger partial charge is 0.380 e. The van der Waals surface area contributed by atoms with E-state index in [1.165, 1.54) is 48.4 Å². The summed E-state index contributed by atoms with van der Waals surface area (Å²) in [6.45, 7) is 1.57. The number of benzene rings is 2. The van der Waals surface area contributed by atoms with E-state index in [0.717, 1.165) is 10.7 Å². The van der Waals surface area contributed by atoms with Gasteiger partial charge in [-0.05, 0) is 30.3 Å². The van der Waals surface area contributed by atoms with Crippen LogP contribution in [0, 0.1) is 5.82 Å². The van der Waals surface area contributed by atoms with E-state index in [-0.39, 0.29) is 35.2 Å². The highest BCUT2D eigenvalue weighted by molar-refractivity contribution is 6.41. The summed E-state index contributed by atoms with van der Waals surface area (Å²) in [5, 5.41) is 9.77. The maximum Gasteiger partial charge on any atom is 0.458 e. The highest BCUT2D eigenvalue weighted by atomic mass is 19.4. The minimum absolute atomic E-state index is 0.00204. The van der Waals surface area contributed by atoms with Crippen LogP contribution >= 0.6 is 0 Å². The maximum absolute atomic E-state index is 15.1. The maximum atomic E-state index is 15.1. The van der Waals surface area contributed by atoms with Gasteiger partial charge in [-0.2, -0.15) is 44.6 Å². The number of carbonyl (C=O) groups is 4. The number of amides is 2. The fourth-order valence-electron chi connectivity index (χ4n) is 4.16. The number of imidazole rings is 1. The minimum Gasteiger partial charge on any atom is -0.380 e. The Hall–Kier alpha value is -6.29. The second-order valence-electron chi connectivity index (χ2n) is 10.4. The molecule has 3 aromatic heterocycles. The number of nitrogens with one attached hydrogen (secondary N) is 1. The van der Waals surface area contributed by atoms with E-state index in [2.05, 4.69) is 20.6 Å². The second kappa shape index (κ2) is 14.1. The van der Waals surface area contributed by atoms with Crippen LogP contribution in [0.3, 0.4) is 0 Å². The number of alkyl halides is 9. The van der Waals surface area contributed by atoms with Crippen molar-refractivity contribution in [3.63, 3.8) is 0 Å². The lowest BCUT2D eigenvalue weighted by Crippen LogP contribution is -2.39. The van der Waals surface area contributed by atoms with Gasteiger partial charge >= 0.3 is 30.1 Å². The van der Waals surface area contributed by atoms with Crippen molar-refractivity contribution in [3.05, 3.63) is 77.9 Å². The summed E-state index contributed by atoms with van der Waals surface area (Å²) in [6, 6.07) is 8.59. The molecule has 0 spiro atoms. The van der Waals surface area contributed by atoms with Crippen LogP contribution < -0.4 is 11.1 Å². The molecule has 2 amide bonds. The van der Waals surface area contributed by atoms with Crippen molar-refractivity contribution in [2.45, 2.75) is 32.0 Å². The molecule has 0 aliphatic carbocycles. The summed E-state index contributed by atoms with van der Waals surface area (Å²) in [7, 11) is 1.59. The number of nitrogens with two attached hydrogens (primary N) is 1. The topological polar surface area (TPSA) is 171 Å². The molecule has 2 aromatic carbocycles. The van der Waals surface area contributed by atoms with Gasteiger partial charge in [0.2, 0.25) is 5.91 Å². The van der Waals surface area contributed by atoms with Gasteiger partial charge in [0.1, 0.15) is 17.3 Å². The molecule has 0 saturated heterocycles. The average Bonchev–Trinajstić information content (AvgIpc) is 3.79. The van der Waals surface area contributed by atoms with Gasteiger partial charge in [-0.15, -0.1) is 0 Å². The fourth-order valence-corrected chi connectivity index (χ4v) is 4.16. The monoisotopic (exact) mass is 750 g/mol. The van der Waals surface area contributed by atoms with E-state index >= 15 is 4.39 Å². The summed E-state index contributed by atoms with van der Waals surface area (Å²) in [6.07, 6.45) is -13.3. The lowest BCUT2D eigenvalue weighted by molar-refractivity contribution is -0.193. The number of halogens is 10. The van der Waals surface area contributed by atoms with Crippen molar-refractivity contribution in [3.8, 4) is 11.4 Å². The van der Waals surface area contributed by atoms with Crippen molar-refractivity contribution in [1.29, 1.82) is 0 Å². The third kappa shape index (κ3) is 8.53. The summed E-state index contributed by atoms with van der Waals surface area (Å²) >= 11 is 0. The zero-order valence-corrected chi connectivity index (χ0v) is 26.0. The third-order valence-corrected chi connectivity index (χ3v) is 6.79. The van der Waals surface area contributed by atoms with Gasteiger partial charge < -0.3 is 25.0 Å². The fraction of sp³-hybridized carbons (Fsp3) is 0.207. The Bertz CT molecular complexity index is 2140. The number of fused-ring (bicyclic) bond motifs is 1. The molecule has 0 radical (unpaired) electrons. The number of nitrogen functional groups attached to an aromatic ring is 1. The zero-order valence-electron chi connectivity index (χ0n) is 26.0. The number of hydrogen-bond acceptors (Lipinski definition) is 9. The normalized spacial score (nSPS) is 11.9. The first-order chi connectivity index (χ1) is 24.0. The summed E-state index contributed by atoms with van der Waals surface area (Å²) < 4.78 is 130. The number of ketones is 2. The molecule has 0 aliphatic heterocycles. The number of anilines is 2. The molecule has 0 bridgehead atoms.